The number of carbonyl (C=O) groups excluding carboxylic acids is 1. The van der Waals surface area contributed by atoms with E-state index in [9.17, 15) is 4.79 Å². The zero-order valence-corrected chi connectivity index (χ0v) is 19.6. The maximum atomic E-state index is 12.4. The van der Waals surface area contributed by atoms with Crippen LogP contribution in [0.5, 0.6) is 5.75 Å². The van der Waals surface area contributed by atoms with Crippen molar-refractivity contribution in [2.75, 3.05) is 11.1 Å². The van der Waals surface area contributed by atoms with E-state index in [1.807, 2.05) is 49.6 Å². The predicted octanol–water partition coefficient (Wildman–Crippen LogP) is 5.35. The first-order valence-corrected chi connectivity index (χ1v) is 11.5. The molecule has 0 saturated heterocycles. The SMILES string of the molecule is CCn1c(COc2ccc(C(C)C)cc2)nnc1SCC(=O)Nc1ccc(C)cc1C. The second-order valence-corrected chi connectivity index (χ2v) is 8.75. The molecule has 6 nitrogen and oxygen atoms in total. The molecule has 1 amide bonds. The fourth-order valence-electron chi connectivity index (χ4n) is 3.22. The molecular weight excluding hydrogens is 408 g/mol. The highest BCUT2D eigenvalue weighted by atomic mass is 32.2. The van der Waals surface area contributed by atoms with Gasteiger partial charge in [0.1, 0.15) is 12.4 Å². The average molecular weight is 439 g/mol. The van der Waals surface area contributed by atoms with Gasteiger partial charge in [0, 0.05) is 12.2 Å². The molecule has 164 valence electrons. The molecule has 0 unspecified atom stereocenters. The Bertz CT molecular complexity index is 1030. The number of ether oxygens (including phenoxy) is 1. The van der Waals surface area contributed by atoms with Crippen LogP contribution < -0.4 is 10.1 Å². The summed E-state index contributed by atoms with van der Waals surface area (Å²) in [6.45, 7) is 11.4. The minimum Gasteiger partial charge on any atom is -0.486 e. The van der Waals surface area contributed by atoms with Crippen molar-refractivity contribution in [2.24, 2.45) is 0 Å². The number of aromatic nitrogens is 3. The van der Waals surface area contributed by atoms with E-state index in [1.165, 1.54) is 22.9 Å². The molecule has 0 bridgehead atoms. The molecule has 2 aromatic carbocycles. The zero-order valence-electron chi connectivity index (χ0n) is 18.8. The Kier molecular flexibility index (Phi) is 7.74. The van der Waals surface area contributed by atoms with Crippen molar-refractivity contribution in [3.63, 3.8) is 0 Å². The number of thioether (sulfide) groups is 1. The number of carbonyl (C=O) groups is 1. The van der Waals surface area contributed by atoms with Gasteiger partial charge in [-0.05, 0) is 56.0 Å². The molecule has 0 fully saturated rings. The molecule has 0 radical (unpaired) electrons. The van der Waals surface area contributed by atoms with Crippen LogP contribution in [0.2, 0.25) is 0 Å². The lowest BCUT2D eigenvalue weighted by atomic mass is 10.0. The van der Waals surface area contributed by atoms with Gasteiger partial charge in [0.15, 0.2) is 11.0 Å². The van der Waals surface area contributed by atoms with Gasteiger partial charge < -0.3 is 14.6 Å². The number of benzene rings is 2. The first kappa shape index (κ1) is 22.9. The van der Waals surface area contributed by atoms with Crippen LogP contribution in [0, 0.1) is 13.8 Å². The fraction of sp³-hybridized carbons (Fsp3) is 0.375. The molecule has 0 saturated carbocycles. The molecular formula is C24H30N4O2S. The number of hydrogen-bond donors (Lipinski definition) is 1. The summed E-state index contributed by atoms with van der Waals surface area (Å²) in [6, 6.07) is 14.1. The van der Waals surface area contributed by atoms with Gasteiger partial charge in [0.25, 0.3) is 0 Å². The summed E-state index contributed by atoms with van der Waals surface area (Å²) in [4.78, 5) is 12.4. The lowest BCUT2D eigenvalue weighted by Crippen LogP contribution is -2.15. The Hall–Kier alpha value is -2.80. The summed E-state index contributed by atoms with van der Waals surface area (Å²) < 4.78 is 7.88. The largest absolute Gasteiger partial charge is 0.486 e. The highest BCUT2D eigenvalue weighted by molar-refractivity contribution is 7.99. The Morgan fingerprint density at radius 3 is 2.52 bits per heavy atom. The number of aryl methyl sites for hydroxylation is 2. The van der Waals surface area contributed by atoms with Crippen LogP contribution in [-0.4, -0.2) is 26.4 Å². The van der Waals surface area contributed by atoms with Crippen molar-refractivity contribution in [3.8, 4) is 5.75 Å². The molecule has 7 heteroatoms. The van der Waals surface area contributed by atoms with Crippen molar-refractivity contribution < 1.29 is 9.53 Å². The van der Waals surface area contributed by atoms with E-state index in [4.69, 9.17) is 4.74 Å². The number of hydrogen-bond acceptors (Lipinski definition) is 5. The summed E-state index contributed by atoms with van der Waals surface area (Å²) in [5, 5.41) is 12.2. The Balaban J connectivity index is 1.57. The lowest BCUT2D eigenvalue weighted by Gasteiger charge is -2.11. The van der Waals surface area contributed by atoms with Gasteiger partial charge >= 0.3 is 0 Å². The van der Waals surface area contributed by atoms with E-state index in [-0.39, 0.29) is 11.7 Å². The van der Waals surface area contributed by atoms with Crippen LogP contribution >= 0.6 is 11.8 Å². The fourth-order valence-corrected chi connectivity index (χ4v) is 4.04. The monoisotopic (exact) mass is 438 g/mol. The second kappa shape index (κ2) is 10.5. The molecule has 0 spiro atoms. The minimum absolute atomic E-state index is 0.0642. The molecule has 0 aliphatic rings. The molecule has 3 aromatic rings. The van der Waals surface area contributed by atoms with Crippen LogP contribution in [0.15, 0.2) is 47.6 Å². The molecule has 1 aromatic heterocycles. The number of amides is 1. The lowest BCUT2D eigenvalue weighted by molar-refractivity contribution is -0.113. The molecule has 0 aliphatic heterocycles. The van der Waals surface area contributed by atoms with Gasteiger partial charge in [0.2, 0.25) is 5.91 Å². The highest BCUT2D eigenvalue weighted by Gasteiger charge is 2.14. The van der Waals surface area contributed by atoms with Gasteiger partial charge in [0.05, 0.1) is 5.75 Å². The third-order valence-electron chi connectivity index (χ3n) is 5.01. The molecule has 3 rings (SSSR count). The number of anilines is 1. The molecule has 1 N–H and O–H groups in total. The van der Waals surface area contributed by atoms with Crippen molar-refractivity contribution in [1.82, 2.24) is 14.8 Å². The maximum absolute atomic E-state index is 12.4. The number of nitrogens with zero attached hydrogens (tertiary/aromatic N) is 3. The summed E-state index contributed by atoms with van der Waals surface area (Å²) in [5.41, 5.74) is 4.34. The summed E-state index contributed by atoms with van der Waals surface area (Å²) >= 11 is 1.38. The van der Waals surface area contributed by atoms with Gasteiger partial charge in [-0.3, -0.25) is 4.79 Å². The first-order chi connectivity index (χ1) is 14.9. The Morgan fingerprint density at radius 2 is 1.87 bits per heavy atom. The Morgan fingerprint density at radius 1 is 1.13 bits per heavy atom. The van der Waals surface area contributed by atoms with Crippen LogP contribution in [0.4, 0.5) is 5.69 Å². The highest BCUT2D eigenvalue weighted by Crippen LogP contribution is 2.22. The van der Waals surface area contributed by atoms with Crippen molar-refractivity contribution in [3.05, 3.63) is 65.0 Å². The molecule has 0 aliphatic carbocycles. The molecule has 31 heavy (non-hydrogen) atoms. The second-order valence-electron chi connectivity index (χ2n) is 7.81. The smallest absolute Gasteiger partial charge is 0.234 e. The van der Waals surface area contributed by atoms with E-state index in [0.29, 0.717) is 24.2 Å². The minimum atomic E-state index is -0.0642. The van der Waals surface area contributed by atoms with E-state index >= 15 is 0 Å². The topological polar surface area (TPSA) is 69.0 Å². The first-order valence-electron chi connectivity index (χ1n) is 10.5. The molecule has 1 heterocycles. The maximum Gasteiger partial charge on any atom is 0.234 e. The van der Waals surface area contributed by atoms with Crippen molar-refractivity contribution in [1.29, 1.82) is 0 Å². The standard InChI is InChI=1S/C24H30N4O2S/c1-6-28-22(14-30-20-10-8-19(9-11-20)16(2)3)26-27-24(28)31-15-23(29)25-21-12-7-17(4)13-18(21)5/h7-13,16H,6,14-15H2,1-5H3,(H,25,29). The summed E-state index contributed by atoms with van der Waals surface area (Å²) in [7, 11) is 0. The van der Waals surface area contributed by atoms with Crippen LogP contribution in [0.3, 0.4) is 0 Å². The number of nitrogens with one attached hydrogen (secondary N) is 1. The van der Waals surface area contributed by atoms with E-state index in [2.05, 4.69) is 47.6 Å². The van der Waals surface area contributed by atoms with Crippen molar-refractivity contribution in [2.45, 2.75) is 58.8 Å². The molecule has 0 atom stereocenters. The third kappa shape index (κ3) is 6.10. The quantitative estimate of drug-likeness (QED) is 0.456. The average Bonchev–Trinajstić information content (AvgIpc) is 3.15. The van der Waals surface area contributed by atoms with E-state index in [1.54, 1.807) is 0 Å². The van der Waals surface area contributed by atoms with E-state index < -0.39 is 0 Å². The van der Waals surface area contributed by atoms with Crippen molar-refractivity contribution >= 4 is 23.4 Å². The Labute approximate surface area is 188 Å². The summed E-state index contributed by atoms with van der Waals surface area (Å²) in [5.74, 6) is 2.24. The van der Waals surface area contributed by atoms with E-state index in [0.717, 1.165) is 22.8 Å². The zero-order chi connectivity index (χ0) is 22.4. The van der Waals surface area contributed by atoms with Gasteiger partial charge in [-0.2, -0.15) is 0 Å². The van der Waals surface area contributed by atoms with Gasteiger partial charge in [-0.1, -0.05) is 55.4 Å². The van der Waals surface area contributed by atoms with Gasteiger partial charge in [-0.15, -0.1) is 10.2 Å². The third-order valence-corrected chi connectivity index (χ3v) is 5.98. The normalized spacial score (nSPS) is 11.0. The van der Waals surface area contributed by atoms with Gasteiger partial charge in [-0.25, -0.2) is 0 Å². The van der Waals surface area contributed by atoms with Crippen LogP contribution in [0.1, 0.15) is 49.2 Å². The van der Waals surface area contributed by atoms with Crippen LogP contribution in [0.25, 0.3) is 0 Å². The summed E-state index contributed by atoms with van der Waals surface area (Å²) in [6.07, 6.45) is 0. The predicted molar refractivity (Wildman–Crippen MR) is 126 cm³/mol. The number of rotatable bonds is 9. The van der Waals surface area contributed by atoms with Crippen LogP contribution in [-0.2, 0) is 17.9 Å².